The number of aliphatic carboxylic acids is 1. The van der Waals surface area contributed by atoms with Gasteiger partial charge in [0.1, 0.15) is 0 Å². The van der Waals surface area contributed by atoms with Crippen molar-refractivity contribution >= 4 is 44.3 Å². The largest absolute Gasteiger partial charge is 0.481 e. The SMILES string of the molecule is O=C(O)CCNC(=O)c1ccc(C(Nc2nc(-c3ccc(C(F)(F)F)cc3)cs2)c2ccc(Br)cc2)cc1. The predicted molar refractivity (Wildman–Crippen MR) is 143 cm³/mol. The number of hydrogen-bond donors (Lipinski definition) is 3. The molecule has 4 aromatic rings. The van der Waals surface area contributed by atoms with E-state index < -0.39 is 17.7 Å². The quantitative estimate of drug-likeness (QED) is 0.192. The average molecular weight is 604 g/mol. The fourth-order valence-corrected chi connectivity index (χ4v) is 4.67. The second-order valence-electron chi connectivity index (χ2n) is 8.26. The fraction of sp³-hybridized carbons (Fsp3) is 0.148. The van der Waals surface area contributed by atoms with E-state index in [9.17, 15) is 22.8 Å². The maximum absolute atomic E-state index is 12.9. The first-order valence-corrected chi connectivity index (χ1v) is 13.0. The minimum Gasteiger partial charge on any atom is -0.481 e. The van der Waals surface area contributed by atoms with E-state index in [0.717, 1.165) is 27.7 Å². The van der Waals surface area contributed by atoms with Gasteiger partial charge in [-0.1, -0.05) is 52.3 Å². The van der Waals surface area contributed by atoms with Crippen molar-refractivity contribution in [2.45, 2.75) is 18.6 Å². The van der Waals surface area contributed by atoms with Crippen LogP contribution in [0.4, 0.5) is 18.3 Å². The van der Waals surface area contributed by atoms with E-state index in [1.807, 2.05) is 24.3 Å². The molecule has 4 rings (SSSR count). The van der Waals surface area contributed by atoms with Gasteiger partial charge in [-0.2, -0.15) is 13.2 Å². The molecule has 0 spiro atoms. The molecule has 1 amide bonds. The number of rotatable bonds is 9. The van der Waals surface area contributed by atoms with Crippen molar-refractivity contribution in [3.8, 4) is 11.3 Å². The Bertz CT molecular complexity index is 1410. The van der Waals surface area contributed by atoms with Gasteiger partial charge in [-0.05, 0) is 47.5 Å². The van der Waals surface area contributed by atoms with Gasteiger partial charge in [0.2, 0.25) is 0 Å². The highest BCUT2D eigenvalue weighted by Crippen LogP contribution is 2.34. The molecule has 1 atom stereocenters. The maximum Gasteiger partial charge on any atom is 0.416 e. The highest BCUT2D eigenvalue weighted by atomic mass is 79.9. The topological polar surface area (TPSA) is 91.3 Å². The lowest BCUT2D eigenvalue weighted by atomic mass is 9.97. The molecule has 0 bridgehead atoms. The van der Waals surface area contributed by atoms with Crippen molar-refractivity contribution < 1.29 is 27.9 Å². The lowest BCUT2D eigenvalue weighted by Crippen LogP contribution is -2.26. The van der Waals surface area contributed by atoms with E-state index in [1.165, 1.54) is 23.5 Å². The van der Waals surface area contributed by atoms with Crippen LogP contribution in [0.5, 0.6) is 0 Å². The Labute approximate surface area is 228 Å². The Balaban J connectivity index is 1.55. The summed E-state index contributed by atoms with van der Waals surface area (Å²) in [6.07, 6.45) is -4.57. The number of nitrogens with zero attached hydrogens (tertiary/aromatic N) is 1. The molecule has 3 N–H and O–H groups in total. The minimum absolute atomic E-state index is 0.0320. The number of amides is 1. The highest BCUT2D eigenvalue weighted by molar-refractivity contribution is 9.10. The number of carbonyl (C=O) groups is 2. The third kappa shape index (κ3) is 6.99. The van der Waals surface area contributed by atoms with Crippen LogP contribution in [-0.4, -0.2) is 28.5 Å². The molecule has 0 saturated carbocycles. The van der Waals surface area contributed by atoms with Crippen LogP contribution in [0.15, 0.2) is 82.6 Å². The number of carboxylic acids is 1. The minimum atomic E-state index is -4.40. The molecule has 0 aliphatic carbocycles. The number of halogens is 4. The molecule has 6 nitrogen and oxygen atoms in total. The summed E-state index contributed by atoms with van der Waals surface area (Å²) in [6, 6.07) is 19.2. The molecule has 1 aromatic heterocycles. The monoisotopic (exact) mass is 603 g/mol. The third-order valence-corrected chi connectivity index (χ3v) is 6.92. The molecule has 196 valence electrons. The fourth-order valence-electron chi connectivity index (χ4n) is 3.65. The van der Waals surface area contributed by atoms with Gasteiger partial charge >= 0.3 is 12.1 Å². The first-order chi connectivity index (χ1) is 18.1. The van der Waals surface area contributed by atoms with Gasteiger partial charge in [0.05, 0.1) is 23.7 Å². The molecule has 3 aromatic carbocycles. The summed E-state index contributed by atoms with van der Waals surface area (Å²) in [5.41, 5.74) is 2.57. The van der Waals surface area contributed by atoms with Gasteiger partial charge in [0.25, 0.3) is 5.91 Å². The van der Waals surface area contributed by atoms with Gasteiger partial charge in [-0.15, -0.1) is 11.3 Å². The predicted octanol–water partition coefficient (Wildman–Crippen LogP) is 7.00. The summed E-state index contributed by atoms with van der Waals surface area (Å²) in [6.45, 7) is 0.0320. The number of nitrogens with one attached hydrogen (secondary N) is 2. The number of carbonyl (C=O) groups excluding carboxylic acids is 1. The Morgan fingerprint density at radius 2 is 1.55 bits per heavy atom. The van der Waals surface area contributed by atoms with Gasteiger partial charge < -0.3 is 15.7 Å². The summed E-state index contributed by atoms with van der Waals surface area (Å²) in [5, 5.41) is 17.1. The zero-order valence-electron chi connectivity index (χ0n) is 19.6. The van der Waals surface area contributed by atoms with E-state index in [0.29, 0.717) is 22.0 Å². The number of alkyl halides is 3. The number of carboxylic acid groups (broad SMARTS) is 1. The molecule has 1 heterocycles. The molecule has 0 fully saturated rings. The normalized spacial score (nSPS) is 12.1. The van der Waals surface area contributed by atoms with E-state index >= 15 is 0 Å². The summed E-state index contributed by atoms with van der Waals surface area (Å²) in [5.74, 6) is -1.36. The van der Waals surface area contributed by atoms with Crippen molar-refractivity contribution in [1.82, 2.24) is 10.3 Å². The van der Waals surface area contributed by atoms with E-state index in [-0.39, 0.29) is 24.9 Å². The zero-order valence-corrected chi connectivity index (χ0v) is 22.0. The molecule has 38 heavy (non-hydrogen) atoms. The maximum atomic E-state index is 12.9. The second-order valence-corrected chi connectivity index (χ2v) is 10.0. The second kappa shape index (κ2) is 11.8. The van der Waals surface area contributed by atoms with E-state index in [4.69, 9.17) is 5.11 Å². The molecular weight excluding hydrogens is 583 g/mol. The van der Waals surface area contributed by atoms with Crippen LogP contribution in [0.3, 0.4) is 0 Å². The van der Waals surface area contributed by atoms with Crippen LogP contribution in [0.2, 0.25) is 0 Å². The lowest BCUT2D eigenvalue weighted by molar-refractivity contribution is -0.138. The number of benzene rings is 3. The van der Waals surface area contributed by atoms with Crippen LogP contribution in [0.1, 0.15) is 39.5 Å². The molecular formula is C27H21BrF3N3O3S. The first kappa shape index (κ1) is 27.3. The standard InChI is InChI=1S/C27H21BrF3N3O3S/c28-21-11-7-18(8-12-21)24(17-1-3-19(4-2-17)25(37)32-14-13-23(35)36)34-26-33-22(15-38-26)16-5-9-20(10-6-16)27(29,30)31/h1-12,15,24H,13-14H2,(H,32,37)(H,33,34)(H,35,36). The molecule has 0 radical (unpaired) electrons. The van der Waals surface area contributed by atoms with E-state index in [2.05, 4.69) is 31.5 Å². The van der Waals surface area contributed by atoms with Crippen molar-refractivity contribution in [1.29, 1.82) is 0 Å². The molecule has 0 saturated heterocycles. The van der Waals surface area contributed by atoms with Crippen LogP contribution < -0.4 is 10.6 Å². The third-order valence-electron chi connectivity index (χ3n) is 5.61. The Kier molecular flexibility index (Phi) is 8.48. The van der Waals surface area contributed by atoms with Gasteiger partial charge in [0, 0.05) is 27.5 Å². The Morgan fingerprint density at radius 1 is 0.947 bits per heavy atom. The van der Waals surface area contributed by atoms with Crippen molar-refractivity contribution in [2.75, 3.05) is 11.9 Å². The molecule has 0 aliphatic heterocycles. The van der Waals surface area contributed by atoms with E-state index in [1.54, 1.807) is 29.6 Å². The zero-order chi connectivity index (χ0) is 27.3. The molecule has 1 unspecified atom stereocenters. The van der Waals surface area contributed by atoms with Crippen LogP contribution in [-0.2, 0) is 11.0 Å². The number of anilines is 1. The van der Waals surface area contributed by atoms with Crippen molar-refractivity contribution in [2.24, 2.45) is 0 Å². The molecule has 11 heteroatoms. The van der Waals surface area contributed by atoms with Crippen LogP contribution >= 0.6 is 27.3 Å². The van der Waals surface area contributed by atoms with Crippen molar-refractivity contribution in [3.63, 3.8) is 0 Å². The van der Waals surface area contributed by atoms with Gasteiger partial charge in [-0.3, -0.25) is 9.59 Å². The summed E-state index contributed by atoms with van der Waals surface area (Å²) >= 11 is 4.77. The average Bonchev–Trinajstić information content (AvgIpc) is 3.36. The summed E-state index contributed by atoms with van der Waals surface area (Å²) in [7, 11) is 0. The van der Waals surface area contributed by atoms with Crippen molar-refractivity contribution in [3.05, 3.63) is 105 Å². The Morgan fingerprint density at radius 3 is 2.13 bits per heavy atom. The van der Waals surface area contributed by atoms with Crippen LogP contribution in [0.25, 0.3) is 11.3 Å². The number of hydrogen-bond acceptors (Lipinski definition) is 5. The van der Waals surface area contributed by atoms with Gasteiger partial charge in [-0.25, -0.2) is 4.98 Å². The Hall–Kier alpha value is -3.70. The molecule has 0 aliphatic rings. The first-order valence-electron chi connectivity index (χ1n) is 11.4. The highest BCUT2D eigenvalue weighted by Gasteiger charge is 2.30. The smallest absolute Gasteiger partial charge is 0.416 e. The lowest BCUT2D eigenvalue weighted by Gasteiger charge is -2.20. The van der Waals surface area contributed by atoms with Gasteiger partial charge in [0.15, 0.2) is 5.13 Å². The summed E-state index contributed by atoms with van der Waals surface area (Å²) in [4.78, 5) is 27.6. The van der Waals surface area contributed by atoms with Crippen LogP contribution in [0, 0.1) is 0 Å². The summed E-state index contributed by atoms with van der Waals surface area (Å²) < 4.78 is 39.6. The number of aromatic nitrogens is 1. The number of thiazole rings is 1.